The zero-order valence-electron chi connectivity index (χ0n) is 6.91. The summed E-state index contributed by atoms with van der Waals surface area (Å²) in [7, 11) is 0. The minimum atomic E-state index is -1.06. The molecule has 0 spiro atoms. The van der Waals surface area contributed by atoms with E-state index in [1.54, 1.807) is 0 Å². The van der Waals surface area contributed by atoms with Gasteiger partial charge in [-0.15, -0.1) is 0 Å². The first kappa shape index (κ1) is 10.9. The van der Waals surface area contributed by atoms with E-state index in [1.165, 1.54) is 18.3 Å². The monoisotopic (exact) mass is 187 g/mol. The van der Waals surface area contributed by atoms with E-state index in [-0.39, 0.29) is 10.7 Å². The fourth-order valence-electron chi connectivity index (χ4n) is 0.546. The van der Waals surface area contributed by atoms with Crippen molar-refractivity contribution in [3.05, 3.63) is 29.0 Å². The summed E-state index contributed by atoms with van der Waals surface area (Å²) in [6.45, 7) is 4.00. The molecular formula is C8H10ClNO2. The standard InChI is InChI=1S/C6H4ClNO2.C2H6/c7-5-4(6(9)10)2-1-3-8-5;1-2/h1-3H,(H,9,10);1-2H3. The summed E-state index contributed by atoms with van der Waals surface area (Å²) in [5.41, 5.74) is 0.0316. The van der Waals surface area contributed by atoms with Gasteiger partial charge in [-0.25, -0.2) is 9.78 Å². The molecule has 1 aromatic heterocycles. The van der Waals surface area contributed by atoms with Gasteiger partial charge in [-0.1, -0.05) is 25.4 Å². The molecule has 0 aliphatic rings. The zero-order valence-corrected chi connectivity index (χ0v) is 7.67. The van der Waals surface area contributed by atoms with E-state index in [1.807, 2.05) is 13.8 Å². The molecular weight excluding hydrogens is 178 g/mol. The number of halogens is 1. The minimum Gasteiger partial charge on any atom is -0.478 e. The van der Waals surface area contributed by atoms with Crippen LogP contribution in [0.4, 0.5) is 0 Å². The molecule has 0 unspecified atom stereocenters. The average molecular weight is 188 g/mol. The van der Waals surface area contributed by atoms with Gasteiger partial charge in [-0.05, 0) is 12.1 Å². The normalized spacial score (nSPS) is 8.25. The SMILES string of the molecule is CC.O=C(O)c1cccnc1Cl. The van der Waals surface area contributed by atoms with E-state index in [4.69, 9.17) is 16.7 Å². The number of pyridine rings is 1. The van der Waals surface area contributed by atoms with Crippen LogP contribution in [-0.2, 0) is 0 Å². The molecule has 0 fully saturated rings. The van der Waals surface area contributed by atoms with Crippen LogP contribution in [0.15, 0.2) is 18.3 Å². The summed E-state index contributed by atoms with van der Waals surface area (Å²) in [6, 6.07) is 2.92. The lowest BCUT2D eigenvalue weighted by Gasteiger charge is -1.93. The topological polar surface area (TPSA) is 50.2 Å². The fraction of sp³-hybridized carbons (Fsp3) is 0.250. The Morgan fingerprint density at radius 1 is 1.58 bits per heavy atom. The molecule has 0 atom stereocenters. The van der Waals surface area contributed by atoms with Gasteiger partial charge in [0.2, 0.25) is 0 Å². The van der Waals surface area contributed by atoms with Crippen LogP contribution in [0.2, 0.25) is 5.15 Å². The highest BCUT2D eigenvalue weighted by molar-refractivity contribution is 6.32. The summed E-state index contributed by atoms with van der Waals surface area (Å²) in [4.78, 5) is 13.9. The molecule has 0 amide bonds. The molecule has 1 N–H and O–H groups in total. The van der Waals surface area contributed by atoms with Gasteiger partial charge in [0.15, 0.2) is 0 Å². The van der Waals surface area contributed by atoms with Crippen molar-refractivity contribution in [3.63, 3.8) is 0 Å². The van der Waals surface area contributed by atoms with Crippen LogP contribution in [0.5, 0.6) is 0 Å². The van der Waals surface area contributed by atoms with Gasteiger partial charge in [0.1, 0.15) is 5.15 Å². The highest BCUT2D eigenvalue weighted by Crippen LogP contribution is 2.10. The summed E-state index contributed by atoms with van der Waals surface area (Å²) in [5.74, 6) is -1.06. The Hall–Kier alpha value is -1.09. The lowest BCUT2D eigenvalue weighted by atomic mass is 10.3. The van der Waals surface area contributed by atoms with Crippen LogP contribution < -0.4 is 0 Å². The molecule has 3 nitrogen and oxygen atoms in total. The second-order valence-corrected chi connectivity index (χ2v) is 2.00. The maximum atomic E-state index is 10.3. The van der Waals surface area contributed by atoms with Gasteiger partial charge in [-0.2, -0.15) is 0 Å². The third kappa shape index (κ3) is 2.88. The highest BCUT2D eigenvalue weighted by Gasteiger charge is 2.06. The van der Waals surface area contributed by atoms with Crippen molar-refractivity contribution in [1.82, 2.24) is 4.98 Å². The van der Waals surface area contributed by atoms with Gasteiger partial charge >= 0.3 is 5.97 Å². The van der Waals surface area contributed by atoms with Crippen molar-refractivity contribution in [2.24, 2.45) is 0 Å². The summed E-state index contributed by atoms with van der Waals surface area (Å²) < 4.78 is 0. The van der Waals surface area contributed by atoms with Crippen LogP contribution in [-0.4, -0.2) is 16.1 Å². The largest absolute Gasteiger partial charge is 0.478 e. The third-order valence-corrected chi connectivity index (χ3v) is 1.29. The highest BCUT2D eigenvalue weighted by atomic mass is 35.5. The Morgan fingerprint density at radius 2 is 2.17 bits per heavy atom. The number of nitrogens with zero attached hydrogens (tertiary/aromatic N) is 1. The van der Waals surface area contributed by atoms with Gasteiger partial charge in [0, 0.05) is 6.20 Å². The molecule has 0 aliphatic heterocycles. The van der Waals surface area contributed by atoms with E-state index in [0.717, 1.165) is 0 Å². The van der Waals surface area contributed by atoms with E-state index < -0.39 is 5.97 Å². The first-order valence-corrected chi connectivity index (χ1v) is 3.93. The van der Waals surface area contributed by atoms with Crippen LogP contribution in [0.3, 0.4) is 0 Å². The summed E-state index contributed by atoms with van der Waals surface area (Å²) >= 11 is 5.43. The number of aromatic nitrogens is 1. The first-order valence-electron chi connectivity index (χ1n) is 3.55. The minimum absolute atomic E-state index is 0.0231. The van der Waals surface area contributed by atoms with Crippen LogP contribution in [0, 0.1) is 0 Å². The molecule has 1 aromatic rings. The second kappa shape index (κ2) is 5.55. The molecule has 66 valence electrons. The van der Waals surface area contributed by atoms with Gasteiger partial charge in [0.05, 0.1) is 5.56 Å². The molecule has 0 bridgehead atoms. The molecule has 1 rings (SSSR count). The molecule has 4 heteroatoms. The van der Waals surface area contributed by atoms with E-state index in [9.17, 15) is 4.79 Å². The van der Waals surface area contributed by atoms with Crippen molar-refractivity contribution < 1.29 is 9.90 Å². The molecule has 1 heterocycles. The smallest absolute Gasteiger partial charge is 0.338 e. The molecule has 0 aliphatic carbocycles. The molecule has 0 saturated carbocycles. The van der Waals surface area contributed by atoms with Crippen molar-refractivity contribution in [1.29, 1.82) is 0 Å². The van der Waals surface area contributed by atoms with E-state index in [0.29, 0.717) is 0 Å². The van der Waals surface area contributed by atoms with Gasteiger partial charge < -0.3 is 5.11 Å². The van der Waals surface area contributed by atoms with E-state index in [2.05, 4.69) is 4.98 Å². The number of carbonyl (C=O) groups is 1. The molecule has 0 saturated heterocycles. The molecule has 12 heavy (non-hydrogen) atoms. The van der Waals surface area contributed by atoms with Crippen LogP contribution in [0.25, 0.3) is 0 Å². The third-order valence-electron chi connectivity index (χ3n) is 0.989. The van der Waals surface area contributed by atoms with Crippen molar-refractivity contribution in [3.8, 4) is 0 Å². The van der Waals surface area contributed by atoms with Gasteiger partial charge in [0.25, 0.3) is 0 Å². The Morgan fingerprint density at radius 3 is 2.50 bits per heavy atom. The predicted octanol–water partition coefficient (Wildman–Crippen LogP) is 2.46. The van der Waals surface area contributed by atoms with Crippen molar-refractivity contribution >= 4 is 17.6 Å². The quantitative estimate of drug-likeness (QED) is 0.688. The van der Waals surface area contributed by atoms with E-state index >= 15 is 0 Å². The maximum Gasteiger partial charge on any atom is 0.338 e. The Balaban J connectivity index is 0.000000561. The van der Waals surface area contributed by atoms with Crippen molar-refractivity contribution in [2.45, 2.75) is 13.8 Å². The molecule has 0 radical (unpaired) electrons. The number of hydrogen-bond acceptors (Lipinski definition) is 2. The number of rotatable bonds is 1. The summed E-state index contributed by atoms with van der Waals surface area (Å²) in [6.07, 6.45) is 1.44. The lowest BCUT2D eigenvalue weighted by molar-refractivity contribution is 0.0696. The van der Waals surface area contributed by atoms with Crippen LogP contribution >= 0.6 is 11.6 Å². The van der Waals surface area contributed by atoms with Gasteiger partial charge in [-0.3, -0.25) is 0 Å². The zero-order chi connectivity index (χ0) is 9.56. The number of carboxylic acid groups (broad SMARTS) is 1. The first-order chi connectivity index (χ1) is 5.72. The van der Waals surface area contributed by atoms with Crippen LogP contribution in [0.1, 0.15) is 24.2 Å². The number of carboxylic acids is 1. The maximum absolute atomic E-state index is 10.3. The molecule has 0 aromatic carbocycles. The average Bonchev–Trinajstić information content (AvgIpc) is 2.08. The second-order valence-electron chi connectivity index (χ2n) is 1.65. The lowest BCUT2D eigenvalue weighted by Crippen LogP contribution is -1.97. The Bertz CT molecular complexity index is 263. The number of hydrogen-bond donors (Lipinski definition) is 1. The summed E-state index contributed by atoms with van der Waals surface area (Å²) in [5, 5.41) is 8.46. The predicted molar refractivity (Wildman–Crippen MR) is 47.6 cm³/mol. The number of aromatic carboxylic acids is 1. The Labute approximate surface area is 76.0 Å². The Kier molecular flexibility index (Phi) is 5.04. The fourth-order valence-corrected chi connectivity index (χ4v) is 0.746. The van der Waals surface area contributed by atoms with Crippen molar-refractivity contribution in [2.75, 3.05) is 0 Å².